The van der Waals surface area contributed by atoms with Crippen molar-refractivity contribution in [2.45, 2.75) is 13.2 Å². The molecule has 3 N–H and O–H groups in total. The van der Waals surface area contributed by atoms with Crippen LogP contribution in [0.15, 0.2) is 54.6 Å². The fourth-order valence-electron chi connectivity index (χ4n) is 2.54. The Hall–Kier alpha value is -2.92. The van der Waals surface area contributed by atoms with Gasteiger partial charge in [0, 0.05) is 30.1 Å². The monoisotopic (exact) mass is 321 g/mol. The van der Waals surface area contributed by atoms with Crippen LogP contribution >= 0.6 is 0 Å². The van der Waals surface area contributed by atoms with E-state index in [4.69, 9.17) is 0 Å². The van der Waals surface area contributed by atoms with Crippen molar-refractivity contribution in [1.29, 1.82) is 0 Å². The maximum Gasteiger partial charge on any atom is 0.251 e. The lowest BCUT2D eigenvalue weighted by atomic mass is 10.1. The van der Waals surface area contributed by atoms with Crippen LogP contribution in [0, 0.1) is 0 Å². The molecule has 0 aliphatic heterocycles. The fourth-order valence-corrected chi connectivity index (χ4v) is 2.54. The molecular weight excluding hydrogens is 302 g/mol. The Bertz CT molecular complexity index is 860. The van der Waals surface area contributed by atoms with Crippen LogP contribution in [-0.2, 0) is 13.2 Å². The molecule has 5 heteroatoms. The number of carbonyl (C=O) groups excluding carboxylic acids is 1. The van der Waals surface area contributed by atoms with E-state index in [-0.39, 0.29) is 12.5 Å². The topological polar surface area (TPSA) is 74.2 Å². The molecule has 24 heavy (non-hydrogen) atoms. The van der Waals surface area contributed by atoms with Gasteiger partial charge in [-0.25, -0.2) is 4.98 Å². The van der Waals surface area contributed by atoms with Crippen LogP contribution in [-0.4, -0.2) is 23.0 Å². The maximum atomic E-state index is 11.5. The Labute approximate surface area is 140 Å². The van der Waals surface area contributed by atoms with Crippen molar-refractivity contribution < 1.29 is 9.90 Å². The van der Waals surface area contributed by atoms with E-state index in [0.717, 1.165) is 22.0 Å². The summed E-state index contributed by atoms with van der Waals surface area (Å²) in [6.45, 7) is 0.488. The number of rotatable bonds is 5. The van der Waals surface area contributed by atoms with E-state index in [0.29, 0.717) is 17.9 Å². The van der Waals surface area contributed by atoms with Crippen LogP contribution in [0.4, 0.5) is 5.82 Å². The van der Waals surface area contributed by atoms with E-state index in [1.165, 1.54) is 0 Å². The third-order valence-corrected chi connectivity index (χ3v) is 3.88. The molecule has 0 atom stereocenters. The molecule has 2 aromatic carbocycles. The highest BCUT2D eigenvalue weighted by Gasteiger charge is 2.07. The van der Waals surface area contributed by atoms with Crippen molar-refractivity contribution in [3.63, 3.8) is 0 Å². The molecule has 3 rings (SSSR count). The first-order valence-electron chi connectivity index (χ1n) is 7.75. The lowest BCUT2D eigenvalue weighted by Gasteiger charge is -2.11. The number of fused-ring (bicyclic) bond motifs is 1. The molecule has 1 amide bonds. The zero-order valence-corrected chi connectivity index (χ0v) is 13.4. The second kappa shape index (κ2) is 7.10. The average molecular weight is 321 g/mol. The van der Waals surface area contributed by atoms with Gasteiger partial charge >= 0.3 is 0 Å². The molecule has 122 valence electrons. The van der Waals surface area contributed by atoms with Gasteiger partial charge in [0.1, 0.15) is 5.82 Å². The van der Waals surface area contributed by atoms with Gasteiger partial charge in [-0.05, 0) is 29.8 Å². The zero-order chi connectivity index (χ0) is 16.9. The third kappa shape index (κ3) is 3.36. The number of amides is 1. The molecule has 0 saturated heterocycles. The molecule has 1 aromatic heterocycles. The molecule has 0 fully saturated rings. The van der Waals surface area contributed by atoms with Gasteiger partial charge < -0.3 is 15.7 Å². The second-order valence-corrected chi connectivity index (χ2v) is 5.48. The van der Waals surface area contributed by atoms with E-state index < -0.39 is 0 Å². The summed E-state index contributed by atoms with van der Waals surface area (Å²) in [4.78, 5) is 16.1. The predicted octanol–water partition coefficient (Wildman–Crippen LogP) is 2.70. The van der Waals surface area contributed by atoms with Crippen LogP contribution in [0.25, 0.3) is 10.9 Å². The van der Waals surface area contributed by atoms with Gasteiger partial charge in [-0.1, -0.05) is 30.3 Å². The minimum atomic E-state index is -0.103. The highest BCUT2D eigenvalue weighted by atomic mass is 16.3. The number of aromatic nitrogens is 1. The minimum absolute atomic E-state index is 0.0736. The summed E-state index contributed by atoms with van der Waals surface area (Å²) in [6.07, 6.45) is 0. The normalized spacial score (nSPS) is 10.6. The fraction of sp³-hybridized carbons (Fsp3) is 0.158. The summed E-state index contributed by atoms with van der Waals surface area (Å²) >= 11 is 0. The van der Waals surface area contributed by atoms with E-state index >= 15 is 0 Å². The number of pyridine rings is 1. The minimum Gasteiger partial charge on any atom is -0.392 e. The van der Waals surface area contributed by atoms with Crippen molar-refractivity contribution in [3.8, 4) is 0 Å². The van der Waals surface area contributed by atoms with Gasteiger partial charge in [0.05, 0.1) is 12.1 Å². The van der Waals surface area contributed by atoms with Crippen LogP contribution in [0.2, 0.25) is 0 Å². The molecular formula is C19H19N3O2. The number of anilines is 1. The third-order valence-electron chi connectivity index (χ3n) is 3.88. The number of hydrogen-bond acceptors (Lipinski definition) is 4. The summed E-state index contributed by atoms with van der Waals surface area (Å²) in [5, 5.41) is 16.4. The van der Waals surface area contributed by atoms with E-state index in [2.05, 4.69) is 15.6 Å². The lowest BCUT2D eigenvalue weighted by molar-refractivity contribution is 0.0963. The number of aliphatic hydroxyl groups excluding tert-OH is 1. The largest absolute Gasteiger partial charge is 0.392 e. The number of nitrogens with zero attached hydrogens (tertiary/aromatic N) is 1. The molecule has 0 saturated carbocycles. The Kier molecular flexibility index (Phi) is 4.72. The van der Waals surface area contributed by atoms with Gasteiger partial charge in [-0.15, -0.1) is 0 Å². The molecule has 0 unspecified atom stereocenters. The quantitative estimate of drug-likeness (QED) is 0.675. The first-order valence-corrected chi connectivity index (χ1v) is 7.75. The smallest absolute Gasteiger partial charge is 0.251 e. The van der Waals surface area contributed by atoms with Crippen LogP contribution in [0.1, 0.15) is 21.5 Å². The van der Waals surface area contributed by atoms with E-state index in [9.17, 15) is 9.90 Å². The predicted molar refractivity (Wildman–Crippen MR) is 94.8 cm³/mol. The molecule has 0 spiro atoms. The SMILES string of the molecule is CNC(=O)c1ccc(CNc2nc3ccccc3cc2CO)cc1. The number of nitrogens with one attached hydrogen (secondary N) is 2. The molecule has 0 radical (unpaired) electrons. The molecule has 5 nitrogen and oxygen atoms in total. The van der Waals surface area contributed by atoms with Crippen molar-refractivity contribution in [3.05, 3.63) is 71.3 Å². The molecule has 1 heterocycles. The van der Waals surface area contributed by atoms with Gasteiger partial charge in [-0.3, -0.25) is 4.79 Å². The highest BCUT2D eigenvalue weighted by molar-refractivity contribution is 5.93. The summed E-state index contributed by atoms with van der Waals surface area (Å²) in [6, 6.07) is 17.1. The number of hydrogen-bond donors (Lipinski definition) is 3. The van der Waals surface area contributed by atoms with Gasteiger partial charge in [0.25, 0.3) is 5.91 Å². The first-order chi connectivity index (χ1) is 11.7. The van der Waals surface area contributed by atoms with E-state index in [1.54, 1.807) is 19.2 Å². The number of aliphatic hydroxyl groups is 1. The van der Waals surface area contributed by atoms with Crippen molar-refractivity contribution in [1.82, 2.24) is 10.3 Å². The van der Waals surface area contributed by atoms with Gasteiger partial charge in [0.15, 0.2) is 0 Å². The first kappa shape index (κ1) is 16.0. The maximum absolute atomic E-state index is 11.5. The van der Waals surface area contributed by atoms with Gasteiger partial charge in [0.2, 0.25) is 0 Å². The Morgan fingerprint density at radius 2 is 1.88 bits per heavy atom. The molecule has 0 aliphatic carbocycles. The zero-order valence-electron chi connectivity index (χ0n) is 13.4. The summed E-state index contributed by atoms with van der Waals surface area (Å²) in [5.74, 6) is 0.569. The van der Waals surface area contributed by atoms with Crippen molar-refractivity contribution in [2.75, 3.05) is 12.4 Å². The molecule has 0 aliphatic rings. The van der Waals surface area contributed by atoms with Crippen LogP contribution in [0.3, 0.4) is 0 Å². The summed E-state index contributed by atoms with van der Waals surface area (Å²) in [5.41, 5.74) is 3.30. The number of para-hydroxylation sites is 1. The van der Waals surface area contributed by atoms with Gasteiger partial charge in [-0.2, -0.15) is 0 Å². The summed E-state index contributed by atoms with van der Waals surface area (Å²) in [7, 11) is 1.61. The van der Waals surface area contributed by atoms with Crippen molar-refractivity contribution >= 4 is 22.6 Å². The van der Waals surface area contributed by atoms with E-state index in [1.807, 2.05) is 42.5 Å². The Morgan fingerprint density at radius 3 is 2.58 bits per heavy atom. The summed E-state index contributed by atoms with van der Waals surface area (Å²) < 4.78 is 0. The van der Waals surface area contributed by atoms with Crippen LogP contribution in [0.5, 0.6) is 0 Å². The van der Waals surface area contributed by atoms with Crippen molar-refractivity contribution in [2.24, 2.45) is 0 Å². The number of benzene rings is 2. The number of carbonyl (C=O) groups is 1. The molecule has 3 aromatic rings. The Morgan fingerprint density at radius 1 is 1.12 bits per heavy atom. The average Bonchev–Trinajstić information content (AvgIpc) is 2.65. The van der Waals surface area contributed by atoms with Crippen LogP contribution < -0.4 is 10.6 Å². The second-order valence-electron chi connectivity index (χ2n) is 5.48. The highest BCUT2D eigenvalue weighted by Crippen LogP contribution is 2.21. The Balaban J connectivity index is 1.78. The lowest BCUT2D eigenvalue weighted by Crippen LogP contribution is -2.17. The molecule has 0 bridgehead atoms. The standard InChI is InChI=1S/C19H19N3O2/c1-20-19(24)14-8-6-13(7-9-14)11-21-18-16(12-23)10-15-4-2-3-5-17(15)22-18/h2-10,23H,11-12H2,1H3,(H,20,24)(H,21,22).